The van der Waals surface area contributed by atoms with Crippen molar-refractivity contribution in [2.75, 3.05) is 19.6 Å². The Kier molecular flexibility index (Phi) is 42.3. The minimum Gasteiger partial charge on any atom is -0.444 e. The number of benzene rings is 6. The van der Waals surface area contributed by atoms with Crippen LogP contribution in [0.15, 0.2) is 260 Å². The van der Waals surface area contributed by atoms with Crippen molar-refractivity contribution in [3.63, 3.8) is 0 Å². The van der Waals surface area contributed by atoms with Gasteiger partial charge in [-0.25, -0.2) is 9.59 Å². The van der Waals surface area contributed by atoms with E-state index in [-0.39, 0.29) is 26.5 Å². The average molecular weight is 1440 g/mol. The van der Waals surface area contributed by atoms with Gasteiger partial charge in [-0.15, -0.1) is 12.3 Å². The molecule has 9 aromatic rings. The molecule has 16 heteroatoms. The second kappa shape index (κ2) is 48.4. The number of carbonyl (C=O) groups excluding carboxylic acids is 2. The van der Waals surface area contributed by atoms with E-state index in [0.717, 1.165) is 28.4 Å². The number of hydrogen-bond acceptors (Lipinski definition) is 8. The normalized spacial score (nSPS) is 9.77. The number of nitrogens with two attached hydrogens (primary N) is 1. The average Bonchev–Trinajstić information content (AvgIpc) is 1.54. The smallest absolute Gasteiger partial charge is 0.407 e. The Morgan fingerprint density at radius 1 is 0.467 bits per heavy atom. The second-order valence-corrected chi connectivity index (χ2v) is 25.7. The number of nitrogens with zero attached hydrogens (tertiary/aromatic N) is 3. The first-order valence-electron chi connectivity index (χ1n) is 28.6. The van der Waals surface area contributed by atoms with Crippen molar-refractivity contribution >= 4 is 97.5 Å². The zero-order valence-corrected chi connectivity index (χ0v) is 58.1. The van der Waals surface area contributed by atoms with E-state index in [2.05, 4.69) is 275 Å². The molecule has 0 atom stereocenters. The molecule has 6 aromatic carbocycles. The van der Waals surface area contributed by atoms with Gasteiger partial charge in [0, 0.05) is 134 Å². The monoisotopic (exact) mass is 1430 g/mol. The van der Waals surface area contributed by atoms with Crippen LogP contribution in [0.4, 0.5) is 9.59 Å². The van der Waals surface area contributed by atoms with Gasteiger partial charge in [-0.05, 0) is 132 Å². The molecule has 9 rings (SSSR count). The van der Waals surface area contributed by atoms with E-state index in [0.29, 0.717) is 32.5 Å². The number of amides is 2. The van der Waals surface area contributed by atoms with E-state index >= 15 is 0 Å². The Morgan fingerprint density at radius 2 is 0.744 bits per heavy atom. The molecule has 0 saturated carbocycles. The maximum absolute atomic E-state index is 11.3. The SMILES string of the molecule is Brc1ccncc1.C#CCCCNC(=O)OC(C)(C)C.CC(C)(C)OC(=O)NCCC#Cc1ccncc1.ClCl.NCCC#Cc1ccncc1.[Pd].c1ccc(P(c2ccccc2)c2ccccc2)cc1.c1ccc(P(c2ccccc2)c2ccccc2)cc1. The maximum atomic E-state index is 11.3. The first-order valence-corrected chi connectivity index (χ1v) is 33.2. The molecule has 4 N–H and O–H groups in total. The summed E-state index contributed by atoms with van der Waals surface area (Å²) in [4.78, 5) is 33.9. The predicted octanol–water partition coefficient (Wildman–Crippen LogP) is 15.2. The van der Waals surface area contributed by atoms with Crippen molar-refractivity contribution in [1.29, 1.82) is 0 Å². The van der Waals surface area contributed by atoms with E-state index in [1.165, 1.54) is 31.8 Å². The zero-order chi connectivity index (χ0) is 64.6. The fraction of sp³-hybridized carbons (Fsp3) is 0.203. The number of nitrogens with one attached hydrogen (secondary N) is 2. The van der Waals surface area contributed by atoms with Gasteiger partial charge in [0.1, 0.15) is 11.2 Å². The summed E-state index contributed by atoms with van der Waals surface area (Å²) in [6, 6.07) is 75.9. The number of hydrogen-bond donors (Lipinski definition) is 3. The predicted molar refractivity (Wildman–Crippen MR) is 381 cm³/mol. The minimum absolute atomic E-state index is 0. The molecule has 0 unspecified atom stereocenters. The molecule has 0 saturated heterocycles. The molecule has 90 heavy (non-hydrogen) atoms. The van der Waals surface area contributed by atoms with Crippen LogP contribution in [-0.4, -0.2) is 58.0 Å². The number of pyridine rings is 3. The largest absolute Gasteiger partial charge is 0.444 e. The summed E-state index contributed by atoms with van der Waals surface area (Å²) in [6.45, 7) is 12.6. The summed E-state index contributed by atoms with van der Waals surface area (Å²) < 4.78 is 11.2. The van der Waals surface area contributed by atoms with Gasteiger partial charge in [0.2, 0.25) is 0 Å². The Morgan fingerprint density at radius 3 is 1.00 bits per heavy atom. The van der Waals surface area contributed by atoms with Crippen molar-refractivity contribution in [2.45, 2.75) is 78.4 Å². The third kappa shape index (κ3) is 36.9. The van der Waals surface area contributed by atoms with Crippen molar-refractivity contribution < 1.29 is 39.5 Å². The Bertz CT molecular complexity index is 3150. The van der Waals surface area contributed by atoms with Crippen LogP contribution in [0.5, 0.6) is 0 Å². The first-order chi connectivity index (χ1) is 43.2. The quantitative estimate of drug-likeness (QED) is 0.0475. The molecule has 470 valence electrons. The van der Waals surface area contributed by atoms with Crippen LogP contribution in [0, 0.1) is 36.0 Å². The van der Waals surface area contributed by atoms with Gasteiger partial charge >= 0.3 is 12.2 Å². The summed E-state index contributed by atoms with van der Waals surface area (Å²) in [5.74, 6) is 14.4. The van der Waals surface area contributed by atoms with E-state index in [9.17, 15) is 9.59 Å². The van der Waals surface area contributed by atoms with E-state index in [1.54, 1.807) is 37.2 Å². The number of alkyl carbamates (subject to hydrolysis) is 2. The number of ether oxygens (including phenoxy) is 2. The topological polar surface area (TPSA) is 141 Å². The standard InChI is InChI=1S/2C18H15P.C14H18N2O2.C10H17NO2.C9H10N2.C5H4BrN.Cl2.Pd/c2*1-4-10-16(11-5-1)19(17-12-6-2-7-13-17)18-14-8-3-9-15-18;1-14(2,3)18-13(17)16-9-5-4-6-12-7-10-15-11-8-12;1-5-6-7-8-11-9(12)13-10(2,3)4;10-6-2-1-3-9-4-7-11-8-5-9;6-5-1-3-7-4-2-5;1-2;/h2*1-15H;7-8,10-11H,5,9H2,1-3H3,(H,16,17);1H,6-8H2,2-4H3,(H,11,12);4-5,7-8H,2,6,10H2;1-4H;;. The summed E-state index contributed by atoms with van der Waals surface area (Å²) in [5.41, 5.74) is 6.29. The molecule has 0 fully saturated rings. The number of unbranched alkanes of at least 4 members (excludes halogenated alkanes) is 1. The van der Waals surface area contributed by atoms with Gasteiger partial charge in [-0.3, -0.25) is 15.0 Å². The van der Waals surface area contributed by atoms with Crippen molar-refractivity contribution in [3.05, 3.63) is 271 Å². The third-order valence-electron chi connectivity index (χ3n) is 10.9. The summed E-state index contributed by atoms with van der Waals surface area (Å²) in [6.07, 6.45) is 17.4. The molecule has 3 heterocycles. The molecular weight excluding hydrogens is 1360 g/mol. The fourth-order valence-corrected chi connectivity index (χ4v) is 12.0. The number of aromatic nitrogens is 3. The summed E-state index contributed by atoms with van der Waals surface area (Å²) in [5, 5.41) is 13.7. The van der Waals surface area contributed by atoms with Gasteiger partial charge in [0.15, 0.2) is 0 Å². The molecule has 3 aromatic heterocycles. The molecule has 10 nitrogen and oxygen atoms in total. The van der Waals surface area contributed by atoms with Gasteiger partial charge in [-0.2, -0.15) is 0 Å². The molecule has 0 radical (unpaired) electrons. The maximum Gasteiger partial charge on any atom is 0.407 e. The second-order valence-electron chi connectivity index (χ2n) is 20.4. The Labute approximate surface area is 569 Å². The minimum atomic E-state index is -0.465. The number of carbonyl (C=O) groups is 2. The van der Waals surface area contributed by atoms with Crippen molar-refractivity contribution in [2.24, 2.45) is 5.73 Å². The Balaban J connectivity index is 0.000000374. The Hall–Kier alpha value is -7.47. The summed E-state index contributed by atoms with van der Waals surface area (Å²) in [7, 11) is 7.33. The van der Waals surface area contributed by atoms with E-state index in [1.807, 2.05) is 77.9 Å². The van der Waals surface area contributed by atoms with Crippen LogP contribution in [0.2, 0.25) is 0 Å². The molecular formula is C74H79BrCl2N6O4P2Pd. The molecule has 0 aliphatic heterocycles. The van der Waals surface area contributed by atoms with Crippen LogP contribution in [-0.2, 0) is 29.9 Å². The zero-order valence-electron chi connectivity index (χ0n) is 51.7. The number of halogens is 3. The van der Waals surface area contributed by atoms with Crippen LogP contribution in [0.1, 0.15) is 78.4 Å². The van der Waals surface area contributed by atoms with Crippen LogP contribution < -0.4 is 48.2 Å². The molecule has 0 bridgehead atoms. The summed E-state index contributed by atoms with van der Waals surface area (Å²) >= 11 is 3.27. The number of rotatable bonds is 12. The van der Waals surface area contributed by atoms with Gasteiger partial charge < -0.3 is 25.8 Å². The van der Waals surface area contributed by atoms with Gasteiger partial charge in [-0.1, -0.05) is 222 Å². The van der Waals surface area contributed by atoms with Crippen LogP contribution in [0.25, 0.3) is 0 Å². The molecule has 0 aliphatic carbocycles. The van der Waals surface area contributed by atoms with Gasteiger partial charge in [0.25, 0.3) is 0 Å². The molecule has 2 amide bonds. The van der Waals surface area contributed by atoms with Gasteiger partial charge in [0.05, 0.1) is 0 Å². The van der Waals surface area contributed by atoms with Crippen LogP contribution in [0.3, 0.4) is 0 Å². The number of terminal acetylenes is 1. The van der Waals surface area contributed by atoms with Crippen LogP contribution >= 0.6 is 53.5 Å². The van der Waals surface area contributed by atoms with Crippen molar-refractivity contribution in [1.82, 2.24) is 25.6 Å². The fourth-order valence-electron chi connectivity index (χ4n) is 7.20. The van der Waals surface area contributed by atoms with E-state index in [4.69, 9.17) is 21.6 Å². The first kappa shape index (κ1) is 78.6. The van der Waals surface area contributed by atoms with E-state index < -0.39 is 33.1 Å². The molecule has 0 aliphatic rings. The molecule has 0 spiro atoms. The van der Waals surface area contributed by atoms with Crippen molar-refractivity contribution in [3.8, 4) is 36.0 Å². The third-order valence-corrected chi connectivity index (χ3v) is 16.3.